The quantitative estimate of drug-likeness (QED) is 0.492. The van der Waals surface area contributed by atoms with E-state index in [2.05, 4.69) is 12.2 Å². The van der Waals surface area contributed by atoms with E-state index in [-0.39, 0.29) is 48.2 Å². The first-order valence-corrected chi connectivity index (χ1v) is 12.7. The van der Waals surface area contributed by atoms with Crippen LogP contribution in [0.1, 0.15) is 66.7 Å². The van der Waals surface area contributed by atoms with E-state index in [1.807, 2.05) is 20.8 Å². The molecular formula is C23H38N2O5S. The molecule has 3 saturated heterocycles. The van der Waals surface area contributed by atoms with Crippen molar-refractivity contribution in [1.82, 2.24) is 10.2 Å². The van der Waals surface area contributed by atoms with Crippen molar-refractivity contribution in [1.29, 1.82) is 0 Å². The average Bonchev–Trinajstić information content (AvgIpc) is 3.36. The fourth-order valence-corrected chi connectivity index (χ4v) is 8.09. The molecule has 2 N–H and O–H groups in total. The molecule has 3 heterocycles. The molecule has 0 aromatic heterocycles. The van der Waals surface area contributed by atoms with Gasteiger partial charge in [-0.15, -0.1) is 11.8 Å². The van der Waals surface area contributed by atoms with Crippen LogP contribution >= 0.6 is 11.8 Å². The minimum absolute atomic E-state index is 0.00512. The Hall–Kier alpha value is -1.28. The molecule has 2 amide bonds. The predicted octanol–water partition coefficient (Wildman–Crippen LogP) is 2.35. The number of aliphatic hydroxyl groups excluding tert-OH is 1. The third-order valence-corrected chi connectivity index (χ3v) is 9.45. The normalized spacial score (nSPS) is 34.4. The summed E-state index contributed by atoms with van der Waals surface area (Å²) in [6.07, 6.45) is 4.12. The molecule has 0 aromatic rings. The first kappa shape index (κ1) is 24.4. The standard InChI is InChI=1S/C23H38N2O5S/c1-6-9-14(5)24-20(27)19-23-11-10-16(31-23)17(22(29)30-8-3)18(23)21(28)25(19)15(12-26)13(4)7-2/h13-19,26H,6-12H2,1-5H3,(H,24,27)/t13-,14?,15-,16+,17-,18-,19?,23?/m0/s1. The summed E-state index contributed by atoms with van der Waals surface area (Å²) in [5.74, 6) is -1.70. The van der Waals surface area contributed by atoms with Gasteiger partial charge < -0.3 is 20.1 Å². The van der Waals surface area contributed by atoms with Crippen molar-refractivity contribution in [3.8, 4) is 0 Å². The van der Waals surface area contributed by atoms with Gasteiger partial charge in [0, 0.05) is 11.3 Å². The van der Waals surface area contributed by atoms with Crippen molar-refractivity contribution in [3.63, 3.8) is 0 Å². The molecule has 176 valence electrons. The van der Waals surface area contributed by atoms with Gasteiger partial charge >= 0.3 is 5.97 Å². The summed E-state index contributed by atoms with van der Waals surface area (Å²) in [7, 11) is 0. The molecule has 1 spiro atoms. The zero-order chi connectivity index (χ0) is 22.9. The highest BCUT2D eigenvalue weighted by Crippen LogP contribution is 2.66. The Morgan fingerprint density at radius 1 is 1.32 bits per heavy atom. The first-order valence-electron chi connectivity index (χ1n) is 11.8. The van der Waals surface area contributed by atoms with Crippen LogP contribution in [0.25, 0.3) is 0 Å². The third-order valence-electron chi connectivity index (χ3n) is 7.50. The van der Waals surface area contributed by atoms with Crippen molar-refractivity contribution in [2.75, 3.05) is 13.2 Å². The van der Waals surface area contributed by atoms with E-state index in [0.29, 0.717) is 0 Å². The van der Waals surface area contributed by atoms with Gasteiger partial charge in [-0.25, -0.2) is 0 Å². The highest BCUT2D eigenvalue weighted by atomic mass is 32.2. The second-order valence-corrected chi connectivity index (χ2v) is 11.0. The number of likely N-dealkylation sites (tertiary alicyclic amines) is 1. The van der Waals surface area contributed by atoms with E-state index < -0.39 is 28.7 Å². The molecule has 8 atom stereocenters. The lowest BCUT2D eigenvalue weighted by molar-refractivity contribution is -0.154. The van der Waals surface area contributed by atoms with Gasteiger partial charge in [-0.05, 0) is 39.0 Å². The molecule has 8 heteroatoms. The van der Waals surface area contributed by atoms with Gasteiger partial charge in [0.2, 0.25) is 11.8 Å². The minimum Gasteiger partial charge on any atom is -0.466 e. The van der Waals surface area contributed by atoms with Gasteiger partial charge in [0.05, 0.1) is 35.8 Å². The molecule has 2 bridgehead atoms. The molecule has 0 aliphatic carbocycles. The van der Waals surface area contributed by atoms with Crippen LogP contribution in [0.15, 0.2) is 0 Å². The summed E-state index contributed by atoms with van der Waals surface area (Å²) in [6, 6.07) is -1.12. The molecular weight excluding hydrogens is 416 g/mol. The topological polar surface area (TPSA) is 95.9 Å². The van der Waals surface area contributed by atoms with Crippen LogP contribution in [0.2, 0.25) is 0 Å². The molecule has 3 unspecified atom stereocenters. The number of thioether (sulfide) groups is 1. The van der Waals surface area contributed by atoms with Gasteiger partial charge in [0.1, 0.15) is 6.04 Å². The van der Waals surface area contributed by atoms with E-state index in [9.17, 15) is 19.5 Å². The van der Waals surface area contributed by atoms with Crippen LogP contribution in [0.3, 0.4) is 0 Å². The van der Waals surface area contributed by atoms with Crippen LogP contribution in [0.5, 0.6) is 0 Å². The summed E-state index contributed by atoms with van der Waals surface area (Å²) in [5, 5.41) is 13.4. The van der Waals surface area contributed by atoms with Crippen molar-refractivity contribution < 1.29 is 24.2 Å². The second kappa shape index (κ2) is 9.69. The third kappa shape index (κ3) is 3.99. The SMILES string of the molecule is CCCC(C)NC(=O)C1N([C@@H](CO)[C@@H](C)CC)C(=O)[C@@H]2[C@@H](C(=O)OCC)[C@H]3CCC12S3. The Balaban J connectivity index is 2.03. The maximum Gasteiger partial charge on any atom is 0.310 e. The maximum atomic E-state index is 13.9. The second-order valence-electron chi connectivity index (χ2n) is 9.39. The van der Waals surface area contributed by atoms with E-state index in [0.717, 1.165) is 32.1 Å². The monoisotopic (exact) mass is 454 g/mol. The summed E-state index contributed by atoms with van der Waals surface area (Å²) >= 11 is 1.64. The predicted molar refractivity (Wildman–Crippen MR) is 120 cm³/mol. The number of aliphatic hydroxyl groups is 1. The number of amides is 2. The van der Waals surface area contributed by atoms with Gasteiger partial charge in [-0.3, -0.25) is 14.4 Å². The highest BCUT2D eigenvalue weighted by Gasteiger charge is 2.74. The number of nitrogens with one attached hydrogen (secondary N) is 1. The number of rotatable bonds is 10. The number of hydrogen-bond acceptors (Lipinski definition) is 6. The summed E-state index contributed by atoms with van der Waals surface area (Å²) in [4.78, 5) is 42.0. The number of nitrogens with zero attached hydrogens (tertiary/aromatic N) is 1. The lowest BCUT2D eigenvalue weighted by Gasteiger charge is -2.39. The number of carbonyl (C=O) groups is 3. The van der Waals surface area contributed by atoms with E-state index >= 15 is 0 Å². The number of esters is 1. The zero-order valence-electron chi connectivity index (χ0n) is 19.4. The zero-order valence-corrected chi connectivity index (χ0v) is 20.2. The Morgan fingerprint density at radius 2 is 2.03 bits per heavy atom. The maximum absolute atomic E-state index is 13.9. The molecule has 0 aromatic carbocycles. The van der Waals surface area contributed by atoms with E-state index in [1.54, 1.807) is 23.6 Å². The van der Waals surface area contributed by atoms with Crippen molar-refractivity contribution in [2.45, 2.75) is 94.8 Å². The summed E-state index contributed by atoms with van der Waals surface area (Å²) in [5.41, 5.74) is 0. The van der Waals surface area contributed by atoms with E-state index in [1.165, 1.54) is 0 Å². The lowest BCUT2D eigenvalue weighted by Crippen LogP contribution is -2.58. The Labute approximate surface area is 190 Å². The molecule has 0 saturated carbocycles. The average molecular weight is 455 g/mol. The summed E-state index contributed by atoms with van der Waals surface area (Å²) in [6.45, 7) is 9.93. The van der Waals surface area contributed by atoms with Crippen LogP contribution in [-0.4, -0.2) is 69.1 Å². The fraction of sp³-hybridized carbons (Fsp3) is 0.870. The van der Waals surface area contributed by atoms with Crippen LogP contribution in [0.4, 0.5) is 0 Å². The van der Waals surface area contributed by atoms with Gasteiger partial charge in [-0.2, -0.15) is 0 Å². The van der Waals surface area contributed by atoms with Gasteiger partial charge in [0.25, 0.3) is 0 Å². The summed E-state index contributed by atoms with van der Waals surface area (Å²) < 4.78 is 4.71. The van der Waals surface area contributed by atoms with Crippen LogP contribution in [0, 0.1) is 17.8 Å². The smallest absolute Gasteiger partial charge is 0.310 e. The van der Waals surface area contributed by atoms with E-state index in [4.69, 9.17) is 4.74 Å². The Kier molecular flexibility index (Phi) is 7.62. The van der Waals surface area contributed by atoms with Gasteiger partial charge in [-0.1, -0.05) is 33.6 Å². The number of hydrogen-bond donors (Lipinski definition) is 2. The van der Waals surface area contributed by atoms with Crippen molar-refractivity contribution in [2.24, 2.45) is 17.8 Å². The molecule has 3 aliphatic rings. The van der Waals surface area contributed by atoms with Gasteiger partial charge in [0.15, 0.2) is 0 Å². The molecule has 7 nitrogen and oxygen atoms in total. The Morgan fingerprint density at radius 3 is 2.61 bits per heavy atom. The number of carbonyl (C=O) groups excluding carboxylic acids is 3. The highest BCUT2D eigenvalue weighted by molar-refractivity contribution is 8.02. The Bertz CT molecular complexity index is 703. The molecule has 3 aliphatic heterocycles. The number of ether oxygens (including phenoxy) is 1. The molecule has 3 rings (SSSR count). The van der Waals surface area contributed by atoms with Crippen molar-refractivity contribution in [3.05, 3.63) is 0 Å². The molecule has 0 radical (unpaired) electrons. The molecule has 31 heavy (non-hydrogen) atoms. The fourth-order valence-electron chi connectivity index (χ4n) is 5.90. The van der Waals surface area contributed by atoms with Crippen molar-refractivity contribution >= 4 is 29.5 Å². The van der Waals surface area contributed by atoms with Crippen LogP contribution in [-0.2, 0) is 19.1 Å². The first-order chi connectivity index (χ1) is 14.8. The number of fused-ring (bicyclic) bond motifs is 1. The largest absolute Gasteiger partial charge is 0.466 e. The minimum atomic E-state index is -0.676. The lowest BCUT2D eigenvalue weighted by atomic mass is 9.71. The van der Waals surface area contributed by atoms with Crippen LogP contribution < -0.4 is 5.32 Å². The molecule has 3 fully saturated rings.